The average Bonchev–Trinajstić information content (AvgIpc) is 3.27. The van der Waals surface area contributed by atoms with E-state index < -0.39 is 0 Å². The van der Waals surface area contributed by atoms with Gasteiger partial charge in [0, 0.05) is 30.6 Å². The van der Waals surface area contributed by atoms with Gasteiger partial charge in [-0.1, -0.05) is 48.9 Å². The van der Waals surface area contributed by atoms with Gasteiger partial charge in [0.05, 0.1) is 24.0 Å². The van der Waals surface area contributed by atoms with Crippen LogP contribution in [-0.2, 0) is 17.9 Å². The Morgan fingerprint density at radius 1 is 1.36 bits per heavy atom. The fraction of sp³-hybridized carbons (Fsp3) is 0.421. The van der Waals surface area contributed by atoms with Crippen LogP contribution < -0.4 is 0 Å². The zero-order chi connectivity index (χ0) is 19.7. The lowest BCUT2D eigenvalue weighted by molar-refractivity contribution is -0.439. The normalized spacial score (nSPS) is 21.9. The van der Waals surface area contributed by atoms with Gasteiger partial charge in [-0.2, -0.15) is 0 Å². The summed E-state index contributed by atoms with van der Waals surface area (Å²) in [5.41, 5.74) is 1.36. The van der Waals surface area contributed by atoms with Gasteiger partial charge in [-0.3, -0.25) is 10.1 Å². The first-order chi connectivity index (χ1) is 13.5. The molecule has 2 atom stereocenters. The highest BCUT2D eigenvalue weighted by Crippen LogP contribution is 2.38. The largest absolute Gasteiger partial charge is 0.354 e. The van der Waals surface area contributed by atoms with Gasteiger partial charge in [0.2, 0.25) is 0 Å². The van der Waals surface area contributed by atoms with Crippen molar-refractivity contribution < 1.29 is 9.66 Å². The molecule has 0 aliphatic carbocycles. The Labute approximate surface area is 172 Å². The van der Waals surface area contributed by atoms with Crippen LogP contribution in [0, 0.1) is 16.0 Å². The second-order valence-corrected chi connectivity index (χ2v) is 8.75. The van der Waals surface area contributed by atoms with Crippen LogP contribution in [0.5, 0.6) is 0 Å². The predicted molar refractivity (Wildman–Crippen MR) is 107 cm³/mol. The number of nitro groups is 1. The molecule has 2 aromatic rings. The summed E-state index contributed by atoms with van der Waals surface area (Å²) < 4.78 is 6.68. The van der Waals surface area contributed by atoms with Gasteiger partial charge in [-0.05, 0) is 5.56 Å². The number of aromatic nitrogens is 1. The number of halogens is 1. The van der Waals surface area contributed by atoms with Crippen molar-refractivity contribution in [3.05, 3.63) is 73.1 Å². The number of thiazole rings is 1. The van der Waals surface area contributed by atoms with Crippen LogP contribution in [0.2, 0.25) is 4.47 Å². The first-order valence-corrected chi connectivity index (χ1v) is 10.4. The second-order valence-electron chi connectivity index (χ2n) is 7.05. The summed E-state index contributed by atoms with van der Waals surface area (Å²) in [5, 5.41) is 11.8. The van der Waals surface area contributed by atoms with Crippen LogP contribution in [0.4, 0.5) is 0 Å². The monoisotopic (exact) mass is 420 g/mol. The van der Waals surface area contributed by atoms with Gasteiger partial charge in [0.1, 0.15) is 6.23 Å². The van der Waals surface area contributed by atoms with Crippen LogP contribution in [0.1, 0.15) is 23.8 Å². The van der Waals surface area contributed by atoms with E-state index in [1.807, 2.05) is 42.2 Å². The van der Waals surface area contributed by atoms with Crippen molar-refractivity contribution in [1.82, 2.24) is 14.8 Å². The number of allylic oxidation sites excluding steroid dienone is 1. The van der Waals surface area contributed by atoms with Crippen molar-refractivity contribution in [2.24, 2.45) is 5.92 Å². The molecule has 0 bridgehead atoms. The molecule has 1 aromatic carbocycles. The third-order valence-corrected chi connectivity index (χ3v) is 6.23. The van der Waals surface area contributed by atoms with E-state index in [1.54, 1.807) is 6.20 Å². The van der Waals surface area contributed by atoms with Crippen molar-refractivity contribution in [2.75, 3.05) is 13.1 Å². The molecule has 1 saturated heterocycles. The molecule has 28 heavy (non-hydrogen) atoms. The number of fused-ring (bicyclic) bond motifs is 1. The van der Waals surface area contributed by atoms with E-state index in [-0.39, 0.29) is 22.8 Å². The molecule has 7 nitrogen and oxygen atoms in total. The smallest absolute Gasteiger partial charge is 0.289 e. The highest BCUT2D eigenvalue weighted by atomic mass is 35.5. The Morgan fingerprint density at radius 2 is 2.14 bits per heavy atom. The second kappa shape index (κ2) is 8.06. The van der Waals surface area contributed by atoms with Gasteiger partial charge in [0.25, 0.3) is 5.70 Å². The SMILES string of the molecule is CC1CC(OCc2ccccc2)N2CCN(Cc3cnc(Cl)s3)C2=C1[N+](=O)[O-]. The zero-order valence-electron chi connectivity index (χ0n) is 15.5. The molecule has 2 unspecified atom stereocenters. The first kappa shape index (κ1) is 19.2. The molecule has 0 saturated carbocycles. The average molecular weight is 421 g/mol. The van der Waals surface area contributed by atoms with E-state index in [2.05, 4.69) is 9.88 Å². The summed E-state index contributed by atoms with van der Waals surface area (Å²) in [7, 11) is 0. The molecule has 9 heteroatoms. The fourth-order valence-electron chi connectivity index (χ4n) is 3.86. The Balaban J connectivity index is 1.57. The molecule has 0 radical (unpaired) electrons. The van der Waals surface area contributed by atoms with Gasteiger partial charge in [-0.25, -0.2) is 4.98 Å². The molecular formula is C19H21ClN4O3S. The number of rotatable bonds is 6. The third-order valence-electron chi connectivity index (χ3n) is 5.14. The molecule has 1 fully saturated rings. The van der Waals surface area contributed by atoms with E-state index in [0.29, 0.717) is 42.9 Å². The summed E-state index contributed by atoms with van der Waals surface area (Å²) in [4.78, 5) is 20.7. The molecule has 1 aromatic heterocycles. The fourth-order valence-corrected chi connectivity index (χ4v) is 4.85. The quantitative estimate of drug-likeness (QED) is 0.520. The lowest BCUT2D eigenvalue weighted by Gasteiger charge is -2.37. The Bertz CT molecular complexity index is 888. The molecule has 2 aliphatic rings. The minimum Gasteiger partial charge on any atom is -0.354 e. The maximum atomic E-state index is 11.8. The van der Waals surface area contributed by atoms with Gasteiger partial charge in [0.15, 0.2) is 10.3 Å². The molecule has 0 spiro atoms. The molecule has 148 valence electrons. The minimum atomic E-state index is -0.238. The Morgan fingerprint density at radius 3 is 2.82 bits per heavy atom. The van der Waals surface area contributed by atoms with Crippen LogP contribution in [-0.4, -0.2) is 39.0 Å². The number of hydrogen-bond donors (Lipinski definition) is 0. The molecule has 0 N–H and O–H groups in total. The Kier molecular flexibility index (Phi) is 5.52. The lowest BCUT2D eigenvalue weighted by atomic mass is 9.98. The standard InChI is InChI=1S/C19H21ClN4O3S/c1-13-9-16(27-12-14-5-3-2-4-6-14)23-8-7-22(18(23)17(13)24(25)26)11-15-10-21-19(20)28-15/h2-6,10,13,16H,7-9,11-12H2,1H3. The molecule has 0 amide bonds. The highest BCUT2D eigenvalue weighted by molar-refractivity contribution is 7.15. The highest BCUT2D eigenvalue weighted by Gasteiger charge is 2.45. The van der Waals surface area contributed by atoms with E-state index >= 15 is 0 Å². The summed E-state index contributed by atoms with van der Waals surface area (Å²) in [6.45, 7) is 4.36. The first-order valence-electron chi connectivity index (χ1n) is 9.19. The van der Waals surface area contributed by atoms with Crippen LogP contribution in [0.3, 0.4) is 0 Å². The van der Waals surface area contributed by atoms with Gasteiger partial charge >= 0.3 is 0 Å². The minimum absolute atomic E-state index is 0.177. The van der Waals surface area contributed by atoms with E-state index in [4.69, 9.17) is 16.3 Å². The van der Waals surface area contributed by atoms with Gasteiger partial charge < -0.3 is 14.5 Å². The van der Waals surface area contributed by atoms with Crippen molar-refractivity contribution in [1.29, 1.82) is 0 Å². The predicted octanol–water partition coefficient (Wildman–Crippen LogP) is 3.94. The van der Waals surface area contributed by atoms with Crippen molar-refractivity contribution in [3.63, 3.8) is 0 Å². The van der Waals surface area contributed by atoms with Crippen LogP contribution >= 0.6 is 22.9 Å². The van der Waals surface area contributed by atoms with Crippen molar-refractivity contribution in [2.45, 2.75) is 32.7 Å². The maximum absolute atomic E-state index is 11.8. The summed E-state index contributed by atoms with van der Waals surface area (Å²) in [5.74, 6) is 0.485. The molecule has 3 heterocycles. The lowest BCUT2D eigenvalue weighted by Crippen LogP contribution is -2.43. The number of benzene rings is 1. The third kappa shape index (κ3) is 3.85. The maximum Gasteiger partial charge on any atom is 0.289 e. The van der Waals surface area contributed by atoms with Gasteiger partial charge in [-0.15, -0.1) is 11.3 Å². The summed E-state index contributed by atoms with van der Waals surface area (Å²) in [6, 6.07) is 9.98. The number of nitrogens with zero attached hydrogens (tertiary/aromatic N) is 4. The number of hydrogen-bond acceptors (Lipinski definition) is 7. The topological polar surface area (TPSA) is 71.7 Å². The molecular weight excluding hydrogens is 400 g/mol. The Hall–Kier alpha value is -2.16. The number of ether oxygens (including phenoxy) is 1. The molecule has 4 rings (SSSR count). The van der Waals surface area contributed by atoms with Crippen molar-refractivity contribution >= 4 is 22.9 Å². The zero-order valence-corrected chi connectivity index (χ0v) is 17.0. The van der Waals surface area contributed by atoms with E-state index in [1.165, 1.54) is 11.3 Å². The van der Waals surface area contributed by atoms with Crippen LogP contribution in [0.15, 0.2) is 48.0 Å². The van der Waals surface area contributed by atoms with Crippen molar-refractivity contribution in [3.8, 4) is 0 Å². The van der Waals surface area contributed by atoms with E-state index in [0.717, 1.165) is 10.4 Å². The molecule has 2 aliphatic heterocycles. The van der Waals surface area contributed by atoms with Crippen LogP contribution in [0.25, 0.3) is 0 Å². The summed E-state index contributed by atoms with van der Waals surface area (Å²) >= 11 is 7.35. The summed E-state index contributed by atoms with van der Waals surface area (Å²) in [6.07, 6.45) is 2.16. The van der Waals surface area contributed by atoms with E-state index in [9.17, 15) is 10.1 Å².